The fraction of sp³-hybridized carbons (Fsp3) is 0.625. The summed E-state index contributed by atoms with van der Waals surface area (Å²) in [6.45, 7) is 6.73. The van der Waals surface area contributed by atoms with Crippen LogP contribution in [0.25, 0.3) is 0 Å². The van der Waals surface area contributed by atoms with Crippen LogP contribution in [0.2, 0.25) is 0 Å². The molecule has 1 aliphatic carbocycles. The second kappa shape index (κ2) is 5.41. The highest BCUT2D eigenvalue weighted by Gasteiger charge is 2.39. The van der Waals surface area contributed by atoms with Gasteiger partial charge in [-0.05, 0) is 36.8 Å². The van der Waals surface area contributed by atoms with Gasteiger partial charge in [0.2, 0.25) is 0 Å². The molecule has 2 N–H and O–H groups in total. The smallest absolute Gasteiger partial charge is 0.0230 e. The Hall–Kier alpha value is -0.860. The van der Waals surface area contributed by atoms with E-state index in [-0.39, 0.29) is 0 Å². The Bertz CT molecular complexity index is 372. The van der Waals surface area contributed by atoms with Crippen molar-refractivity contribution in [3.63, 3.8) is 0 Å². The van der Waals surface area contributed by atoms with E-state index in [2.05, 4.69) is 56.1 Å². The quantitative estimate of drug-likeness (QED) is 0.885. The molecule has 1 aromatic rings. The lowest BCUT2D eigenvalue weighted by atomic mass is 9.85. The molecule has 2 heteroatoms. The van der Waals surface area contributed by atoms with Gasteiger partial charge in [-0.15, -0.1) is 0 Å². The van der Waals surface area contributed by atoms with Crippen LogP contribution in [0, 0.1) is 11.3 Å². The van der Waals surface area contributed by atoms with Gasteiger partial charge in [0.25, 0.3) is 0 Å². The van der Waals surface area contributed by atoms with Gasteiger partial charge in [0, 0.05) is 19.1 Å². The van der Waals surface area contributed by atoms with Crippen LogP contribution in [-0.4, -0.2) is 24.5 Å². The van der Waals surface area contributed by atoms with Gasteiger partial charge >= 0.3 is 0 Å². The third kappa shape index (κ3) is 3.12. The molecule has 0 amide bonds. The molecule has 0 heterocycles. The van der Waals surface area contributed by atoms with Crippen LogP contribution >= 0.6 is 0 Å². The van der Waals surface area contributed by atoms with Crippen molar-refractivity contribution in [1.82, 2.24) is 4.90 Å². The van der Waals surface area contributed by atoms with E-state index in [0.29, 0.717) is 17.4 Å². The van der Waals surface area contributed by atoms with E-state index in [0.717, 1.165) is 13.1 Å². The molecule has 0 aliphatic heterocycles. The lowest BCUT2D eigenvalue weighted by Gasteiger charge is -2.29. The molecule has 100 valence electrons. The van der Waals surface area contributed by atoms with Crippen LogP contribution in [0.4, 0.5) is 0 Å². The Kier molecular flexibility index (Phi) is 4.08. The van der Waals surface area contributed by atoms with Crippen LogP contribution in [-0.2, 0) is 6.54 Å². The Morgan fingerprint density at radius 2 is 1.94 bits per heavy atom. The zero-order chi connectivity index (χ0) is 13.2. The highest BCUT2D eigenvalue weighted by atomic mass is 15.1. The number of hydrogen-bond donors (Lipinski definition) is 1. The van der Waals surface area contributed by atoms with Gasteiger partial charge in [-0.25, -0.2) is 0 Å². The maximum absolute atomic E-state index is 6.37. The second-order valence-electron chi connectivity index (χ2n) is 6.50. The van der Waals surface area contributed by atoms with E-state index in [1.54, 1.807) is 0 Å². The number of rotatable bonds is 4. The van der Waals surface area contributed by atoms with Gasteiger partial charge in [-0.1, -0.05) is 44.2 Å². The molecular weight excluding hydrogens is 220 g/mol. The summed E-state index contributed by atoms with van der Waals surface area (Å²) in [6, 6.07) is 11.0. The summed E-state index contributed by atoms with van der Waals surface area (Å²) in [7, 11) is 2.20. The average molecular weight is 246 g/mol. The van der Waals surface area contributed by atoms with Crippen molar-refractivity contribution in [3.05, 3.63) is 35.9 Å². The number of hydrogen-bond acceptors (Lipinski definition) is 2. The van der Waals surface area contributed by atoms with Crippen molar-refractivity contribution >= 4 is 0 Å². The molecule has 2 unspecified atom stereocenters. The lowest BCUT2D eigenvalue weighted by Crippen LogP contribution is -2.41. The normalized spacial score (nSPS) is 26.7. The van der Waals surface area contributed by atoms with Crippen molar-refractivity contribution in [1.29, 1.82) is 0 Å². The monoisotopic (exact) mass is 246 g/mol. The van der Waals surface area contributed by atoms with Gasteiger partial charge in [0.1, 0.15) is 0 Å². The first-order valence-electron chi connectivity index (χ1n) is 6.97. The van der Waals surface area contributed by atoms with E-state index in [1.807, 2.05) is 0 Å². The van der Waals surface area contributed by atoms with E-state index >= 15 is 0 Å². The highest BCUT2D eigenvalue weighted by Crippen LogP contribution is 2.40. The summed E-state index contributed by atoms with van der Waals surface area (Å²) in [6.07, 6.45) is 2.53. The first kappa shape index (κ1) is 13.6. The molecule has 0 spiro atoms. The van der Waals surface area contributed by atoms with Crippen molar-refractivity contribution in [2.75, 3.05) is 13.6 Å². The summed E-state index contributed by atoms with van der Waals surface area (Å²) in [5, 5.41) is 0. The largest absolute Gasteiger partial charge is 0.327 e. The van der Waals surface area contributed by atoms with Gasteiger partial charge in [0.05, 0.1) is 0 Å². The van der Waals surface area contributed by atoms with Crippen molar-refractivity contribution in [3.8, 4) is 0 Å². The molecule has 0 bridgehead atoms. The van der Waals surface area contributed by atoms with E-state index in [4.69, 9.17) is 5.73 Å². The second-order valence-corrected chi connectivity index (χ2v) is 6.50. The predicted octanol–water partition coefficient (Wildman–Crippen LogP) is 2.88. The molecule has 1 aromatic carbocycles. The first-order valence-corrected chi connectivity index (χ1v) is 6.97. The van der Waals surface area contributed by atoms with Crippen LogP contribution < -0.4 is 5.73 Å². The Morgan fingerprint density at radius 3 is 2.50 bits per heavy atom. The molecule has 2 nitrogen and oxygen atoms in total. The Labute approximate surface area is 111 Å². The van der Waals surface area contributed by atoms with Crippen LogP contribution in [0.15, 0.2) is 30.3 Å². The van der Waals surface area contributed by atoms with E-state index < -0.39 is 0 Å². The fourth-order valence-electron chi connectivity index (χ4n) is 3.11. The number of nitrogens with two attached hydrogens (primary N) is 1. The SMILES string of the molecule is CN(Cc1ccccc1)CC1CCC(C)(C)C1N. The fourth-order valence-corrected chi connectivity index (χ4v) is 3.11. The number of nitrogens with zero attached hydrogens (tertiary/aromatic N) is 1. The molecule has 0 aromatic heterocycles. The lowest BCUT2D eigenvalue weighted by molar-refractivity contribution is 0.229. The maximum Gasteiger partial charge on any atom is 0.0230 e. The average Bonchev–Trinajstić information content (AvgIpc) is 2.57. The Balaban J connectivity index is 1.87. The molecule has 2 rings (SSSR count). The molecular formula is C16H26N2. The topological polar surface area (TPSA) is 29.3 Å². The van der Waals surface area contributed by atoms with E-state index in [9.17, 15) is 0 Å². The minimum Gasteiger partial charge on any atom is -0.327 e. The summed E-state index contributed by atoms with van der Waals surface area (Å²) in [5.41, 5.74) is 8.07. The van der Waals surface area contributed by atoms with Gasteiger partial charge < -0.3 is 10.6 Å². The summed E-state index contributed by atoms with van der Waals surface area (Å²) >= 11 is 0. The van der Waals surface area contributed by atoms with E-state index in [1.165, 1.54) is 18.4 Å². The highest BCUT2D eigenvalue weighted by molar-refractivity contribution is 5.14. The molecule has 1 saturated carbocycles. The zero-order valence-electron chi connectivity index (χ0n) is 11.9. The van der Waals surface area contributed by atoms with Crippen LogP contribution in [0.1, 0.15) is 32.3 Å². The van der Waals surface area contributed by atoms with Crippen molar-refractivity contribution in [2.45, 2.75) is 39.3 Å². The summed E-state index contributed by atoms with van der Waals surface area (Å²) < 4.78 is 0. The van der Waals surface area contributed by atoms with Crippen molar-refractivity contribution in [2.24, 2.45) is 17.1 Å². The van der Waals surface area contributed by atoms with Gasteiger partial charge in [-0.3, -0.25) is 0 Å². The third-order valence-corrected chi connectivity index (χ3v) is 4.41. The minimum absolute atomic E-state index is 0.318. The van der Waals surface area contributed by atoms with Gasteiger partial charge in [0.15, 0.2) is 0 Å². The number of benzene rings is 1. The minimum atomic E-state index is 0.318. The summed E-state index contributed by atoms with van der Waals surface area (Å²) in [4.78, 5) is 2.40. The van der Waals surface area contributed by atoms with Crippen molar-refractivity contribution < 1.29 is 0 Å². The third-order valence-electron chi connectivity index (χ3n) is 4.41. The Morgan fingerprint density at radius 1 is 1.28 bits per heavy atom. The predicted molar refractivity (Wildman–Crippen MR) is 77.3 cm³/mol. The zero-order valence-corrected chi connectivity index (χ0v) is 11.9. The molecule has 1 aliphatic rings. The molecule has 0 saturated heterocycles. The molecule has 2 atom stereocenters. The first-order chi connectivity index (χ1) is 8.49. The molecule has 18 heavy (non-hydrogen) atoms. The van der Waals surface area contributed by atoms with Gasteiger partial charge in [-0.2, -0.15) is 0 Å². The maximum atomic E-state index is 6.37. The van der Waals surface area contributed by atoms with Crippen LogP contribution in [0.3, 0.4) is 0 Å². The molecule has 0 radical (unpaired) electrons. The summed E-state index contributed by atoms with van der Waals surface area (Å²) in [5.74, 6) is 0.647. The van der Waals surface area contributed by atoms with Crippen LogP contribution in [0.5, 0.6) is 0 Å². The standard InChI is InChI=1S/C16H26N2/c1-16(2)10-9-14(15(16)17)12-18(3)11-13-7-5-4-6-8-13/h4-8,14-15H,9-12,17H2,1-3H3. The molecule has 1 fully saturated rings.